The molecule has 0 aliphatic carbocycles. The maximum Gasteiger partial charge on any atom is 4.00 e. The zero-order chi connectivity index (χ0) is 3.41. The molecule has 6 heavy (non-hydrogen) atoms. The maximum atomic E-state index is 9.30. The Hall–Kier alpha value is 1.13. The minimum atomic E-state index is 0. The second kappa shape index (κ2) is 16.5. The van der Waals surface area contributed by atoms with E-state index in [-0.39, 0.29) is 48.1 Å². The second-order valence-electron chi connectivity index (χ2n) is 0.704. The minimum Gasteiger partial charge on any atom is -1.00 e. The molecule has 0 aliphatic rings. The van der Waals surface area contributed by atoms with Gasteiger partial charge in [-0.15, -0.1) is 6.61 Å². The van der Waals surface area contributed by atoms with Crippen LogP contribution in [-0.4, -0.2) is 6.61 Å². The summed E-state index contributed by atoms with van der Waals surface area (Å²) in [6, 6.07) is 0. The standard InChI is InChI=1S/C3H7O.ClH.Zr.2H/c1-2-3-4;;;;/h2-3H2,1H3;1H;;;/q-1;;+4;2*-1/p-1. The van der Waals surface area contributed by atoms with Crippen LogP contribution in [0.2, 0.25) is 0 Å². The van der Waals surface area contributed by atoms with Crippen LogP contribution < -0.4 is 17.5 Å². The van der Waals surface area contributed by atoms with E-state index < -0.39 is 0 Å². The first-order valence-electron chi connectivity index (χ1n) is 1.50. The molecule has 0 radical (unpaired) electrons. The Bertz CT molecular complexity index is 19.2. The van der Waals surface area contributed by atoms with E-state index in [1.165, 1.54) is 0 Å². The van der Waals surface area contributed by atoms with Crippen molar-refractivity contribution in [2.45, 2.75) is 13.3 Å². The van der Waals surface area contributed by atoms with E-state index in [0.29, 0.717) is 0 Å². The molecular formula is C3H9ClOZr. The predicted octanol–water partition coefficient (Wildman–Crippen LogP) is -3.02. The summed E-state index contributed by atoms with van der Waals surface area (Å²) in [5.41, 5.74) is 0. The molecule has 3 heteroatoms. The molecule has 0 saturated carbocycles. The van der Waals surface area contributed by atoms with Crippen molar-refractivity contribution in [3.63, 3.8) is 0 Å². The molecule has 0 aromatic rings. The van der Waals surface area contributed by atoms with E-state index in [9.17, 15) is 5.11 Å². The fourth-order valence-electron chi connectivity index (χ4n) is 0. The Morgan fingerprint density at radius 2 is 1.83 bits per heavy atom. The van der Waals surface area contributed by atoms with Gasteiger partial charge in [-0.25, -0.2) is 0 Å². The van der Waals surface area contributed by atoms with Crippen molar-refractivity contribution in [1.29, 1.82) is 0 Å². The number of hydrogen-bond acceptors (Lipinski definition) is 1. The average Bonchev–Trinajstić information content (AvgIpc) is 1.37. The van der Waals surface area contributed by atoms with Gasteiger partial charge < -0.3 is 20.4 Å². The van der Waals surface area contributed by atoms with E-state index in [1.807, 2.05) is 6.92 Å². The van der Waals surface area contributed by atoms with Gasteiger partial charge in [0, 0.05) is 0 Å². The molecule has 0 saturated heterocycles. The summed E-state index contributed by atoms with van der Waals surface area (Å²) in [4.78, 5) is 0. The molecule has 0 aromatic carbocycles. The Balaban J connectivity index is -0.00000000750. The van der Waals surface area contributed by atoms with Gasteiger partial charge in [-0.05, 0) is 0 Å². The zero-order valence-corrected chi connectivity index (χ0v) is 6.91. The summed E-state index contributed by atoms with van der Waals surface area (Å²) in [6.07, 6.45) is 0.764. The van der Waals surface area contributed by atoms with E-state index in [0.717, 1.165) is 6.42 Å². The third kappa shape index (κ3) is 19.3. The molecule has 0 fully saturated rings. The summed E-state index contributed by atoms with van der Waals surface area (Å²) in [5, 5.41) is 9.30. The number of halogens is 1. The summed E-state index contributed by atoms with van der Waals surface area (Å²) in [7, 11) is 0. The molecule has 0 aliphatic heterocycles. The third-order valence-electron chi connectivity index (χ3n) is 0.204. The van der Waals surface area contributed by atoms with Gasteiger partial charge in [0.1, 0.15) is 0 Å². The van der Waals surface area contributed by atoms with Crippen molar-refractivity contribution in [3.8, 4) is 0 Å². The van der Waals surface area contributed by atoms with Gasteiger partial charge in [0.15, 0.2) is 0 Å². The fourth-order valence-corrected chi connectivity index (χ4v) is 0. The van der Waals surface area contributed by atoms with E-state index >= 15 is 0 Å². The van der Waals surface area contributed by atoms with Gasteiger partial charge in [-0.3, -0.25) is 0 Å². The topological polar surface area (TPSA) is 23.1 Å². The molecule has 0 unspecified atom stereocenters. The molecule has 0 heterocycles. The fraction of sp³-hybridized carbons (Fsp3) is 1.00. The van der Waals surface area contributed by atoms with E-state index in [4.69, 9.17) is 0 Å². The largest absolute Gasteiger partial charge is 4.00 e. The van der Waals surface area contributed by atoms with Crippen LogP contribution in [0.4, 0.5) is 0 Å². The summed E-state index contributed by atoms with van der Waals surface area (Å²) < 4.78 is 0. The van der Waals surface area contributed by atoms with Gasteiger partial charge in [0.05, 0.1) is 0 Å². The summed E-state index contributed by atoms with van der Waals surface area (Å²) >= 11 is 0. The molecule has 1 nitrogen and oxygen atoms in total. The maximum absolute atomic E-state index is 9.30. The Kier molecular flexibility index (Phi) is 43.1. The second-order valence-corrected chi connectivity index (χ2v) is 0.704. The van der Waals surface area contributed by atoms with E-state index in [1.54, 1.807) is 0 Å². The van der Waals surface area contributed by atoms with Crippen molar-refractivity contribution in [1.82, 2.24) is 0 Å². The van der Waals surface area contributed by atoms with Crippen LogP contribution in [0.1, 0.15) is 16.2 Å². The molecule has 0 rings (SSSR count). The van der Waals surface area contributed by atoms with Gasteiger partial charge in [-0.2, -0.15) is 0 Å². The van der Waals surface area contributed by atoms with Crippen LogP contribution in [-0.2, 0) is 26.2 Å². The van der Waals surface area contributed by atoms with Crippen molar-refractivity contribution in [3.05, 3.63) is 0 Å². The van der Waals surface area contributed by atoms with Crippen LogP contribution >= 0.6 is 0 Å². The molecule has 0 atom stereocenters. The SMILES string of the molecule is CCC[O-].[Cl-].[H-].[H-].[Zr+4]. The van der Waals surface area contributed by atoms with Crippen LogP contribution in [0.15, 0.2) is 0 Å². The van der Waals surface area contributed by atoms with Gasteiger partial charge in [0.2, 0.25) is 0 Å². The Morgan fingerprint density at radius 3 is 1.83 bits per heavy atom. The van der Waals surface area contributed by atoms with Crippen LogP contribution in [0.3, 0.4) is 0 Å². The first-order chi connectivity index (χ1) is 1.91. The van der Waals surface area contributed by atoms with Crippen LogP contribution in [0.5, 0.6) is 0 Å². The van der Waals surface area contributed by atoms with Gasteiger partial charge in [-0.1, -0.05) is 13.3 Å². The normalized spacial score (nSPS) is 5.00. The van der Waals surface area contributed by atoms with Gasteiger partial charge >= 0.3 is 26.2 Å². The smallest absolute Gasteiger partial charge is 1.00 e. The monoisotopic (exact) mass is 186 g/mol. The number of hydrogen-bond donors (Lipinski definition) is 0. The average molecular weight is 188 g/mol. The quantitative estimate of drug-likeness (QED) is 0.429. The molecule has 0 spiro atoms. The van der Waals surface area contributed by atoms with Crippen molar-refractivity contribution < 1.29 is 46.6 Å². The predicted molar refractivity (Wildman–Crippen MR) is 17.4 cm³/mol. The molecular weight excluding hydrogens is 179 g/mol. The Labute approximate surface area is 66.6 Å². The summed E-state index contributed by atoms with van der Waals surface area (Å²) in [6.45, 7) is 1.94. The molecule has 0 aromatic heterocycles. The number of rotatable bonds is 1. The first kappa shape index (κ1) is 15.7. The van der Waals surface area contributed by atoms with Crippen molar-refractivity contribution in [2.24, 2.45) is 0 Å². The van der Waals surface area contributed by atoms with E-state index in [2.05, 4.69) is 0 Å². The van der Waals surface area contributed by atoms with Crippen molar-refractivity contribution in [2.75, 3.05) is 6.61 Å². The van der Waals surface area contributed by atoms with Gasteiger partial charge in [0.25, 0.3) is 0 Å². The molecule has 0 bridgehead atoms. The molecule has 38 valence electrons. The zero-order valence-electron chi connectivity index (χ0n) is 5.70. The van der Waals surface area contributed by atoms with Crippen molar-refractivity contribution >= 4 is 0 Å². The van der Waals surface area contributed by atoms with Crippen LogP contribution in [0.25, 0.3) is 0 Å². The molecule has 0 amide bonds. The first-order valence-corrected chi connectivity index (χ1v) is 1.50. The summed E-state index contributed by atoms with van der Waals surface area (Å²) in [5.74, 6) is 0. The molecule has 0 N–H and O–H groups in total. The third-order valence-corrected chi connectivity index (χ3v) is 0.204. The Morgan fingerprint density at radius 1 is 1.67 bits per heavy atom. The van der Waals surface area contributed by atoms with Crippen LogP contribution in [0, 0.1) is 0 Å². The minimum absolute atomic E-state index is 0.